The Balaban J connectivity index is 2.11. The summed E-state index contributed by atoms with van der Waals surface area (Å²) in [5, 5.41) is 8.61. The maximum Gasteiger partial charge on any atom is 0.258 e. The Morgan fingerprint density at radius 1 is 1.62 bits per heavy atom. The summed E-state index contributed by atoms with van der Waals surface area (Å²) in [7, 11) is 0. The molecule has 0 spiro atoms. The molecule has 0 atom stereocenters. The van der Waals surface area contributed by atoms with E-state index in [4.69, 9.17) is 0 Å². The molecule has 0 radical (unpaired) electrons. The fourth-order valence-electron chi connectivity index (χ4n) is 1.31. The number of aromatic nitrogens is 3. The van der Waals surface area contributed by atoms with Gasteiger partial charge in [-0.2, -0.15) is 9.47 Å². The summed E-state index contributed by atoms with van der Waals surface area (Å²) in [6, 6.07) is 0. The van der Waals surface area contributed by atoms with Crippen molar-refractivity contribution < 1.29 is 4.79 Å². The van der Waals surface area contributed by atoms with Crippen LogP contribution in [-0.2, 0) is 6.54 Å². The zero-order valence-electron chi connectivity index (χ0n) is 9.10. The summed E-state index contributed by atoms with van der Waals surface area (Å²) in [6.07, 6.45) is 3.43. The largest absolute Gasteiger partial charge is 0.319 e. The standard InChI is InChI=1S/C10H12N4OS/c1-3-14-5-8(4-11-14)12-10(15)9-6-16-13-7(9)2/h4-6H,3H2,1-2H3,(H,12,15). The number of nitrogens with one attached hydrogen (secondary N) is 1. The number of nitrogens with zero attached hydrogens (tertiary/aromatic N) is 3. The normalized spacial score (nSPS) is 10.4. The van der Waals surface area contributed by atoms with E-state index in [9.17, 15) is 4.79 Å². The Labute approximate surface area is 97.3 Å². The molecule has 2 rings (SSSR count). The molecule has 1 N–H and O–H groups in total. The maximum atomic E-state index is 11.8. The van der Waals surface area contributed by atoms with E-state index in [0.717, 1.165) is 12.2 Å². The van der Waals surface area contributed by atoms with Crippen molar-refractivity contribution in [3.63, 3.8) is 0 Å². The van der Waals surface area contributed by atoms with Crippen molar-refractivity contribution in [2.45, 2.75) is 20.4 Å². The molecular weight excluding hydrogens is 224 g/mol. The first-order valence-corrected chi connectivity index (χ1v) is 5.79. The number of rotatable bonds is 3. The van der Waals surface area contributed by atoms with Crippen LogP contribution in [0.4, 0.5) is 5.69 Å². The minimum absolute atomic E-state index is 0.137. The Bertz CT molecular complexity index is 502. The molecule has 0 aromatic carbocycles. The van der Waals surface area contributed by atoms with Crippen LogP contribution in [0.5, 0.6) is 0 Å². The van der Waals surface area contributed by atoms with Gasteiger partial charge in [-0.05, 0) is 25.4 Å². The second-order valence-electron chi connectivity index (χ2n) is 3.35. The molecule has 0 saturated heterocycles. The molecule has 2 aromatic rings. The molecule has 2 aromatic heterocycles. The average Bonchev–Trinajstić information content (AvgIpc) is 2.86. The minimum atomic E-state index is -0.137. The van der Waals surface area contributed by atoms with Gasteiger partial charge < -0.3 is 5.32 Å². The second-order valence-corrected chi connectivity index (χ2v) is 3.98. The van der Waals surface area contributed by atoms with Crippen LogP contribution >= 0.6 is 11.5 Å². The fraction of sp³-hybridized carbons (Fsp3) is 0.300. The van der Waals surface area contributed by atoms with Gasteiger partial charge in [0, 0.05) is 18.1 Å². The molecule has 0 fully saturated rings. The van der Waals surface area contributed by atoms with Crippen molar-refractivity contribution in [2.75, 3.05) is 5.32 Å². The van der Waals surface area contributed by atoms with Crippen molar-refractivity contribution >= 4 is 23.1 Å². The topological polar surface area (TPSA) is 59.8 Å². The highest BCUT2D eigenvalue weighted by Crippen LogP contribution is 2.12. The van der Waals surface area contributed by atoms with Gasteiger partial charge in [0.1, 0.15) is 0 Å². The zero-order valence-corrected chi connectivity index (χ0v) is 9.91. The monoisotopic (exact) mass is 236 g/mol. The lowest BCUT2D eigenvalue weighted by Gasteiger charge is -2.00. The smallest absolute Gasteiger partial charge is 0.258 e. The Hall–Kier alpha value is -1.69. The Morgan fingerprint density at radius 2 is 2.44 bits per heavy atom. The highest BCUT2D eigenvalue weighted by molar-refractivity contribution is 7.04. The van der Waals surface area contributed by atoms with Crippen molar-refractivity contribution in [3.05, 3.63) is 29.0 Å². The minimum Gasteiger partial charge on any atom is -0.319 e. The van der Waals surface area contributed by atoms with Crippen LogP contribution in [0, 0.1) is 6.92 Å². The lowest BCUT2D eigenvalue weighted by molar-refractivity contribution is 0.102. The molecule has 84 valence electrons. The first-order valence-electron chi connectivity index (χ1n) is 4.95. The van der Waals surface area contributed by atoms with Gasteiger partial charge >= 0.3 is 0 Å². The van der Waals surface area contributed by atoms with Crippen LogP contribution in [-0.4, -0.2) is 20.1 Å². The van der Waals surface area contributed by atoms with Crippen LogP contribution in [0.15, 0.2) is 17.8 Å². The van der Waals surface area contributed by atoms with E-state index in [2.05, 4.69) is 14.8 Å². The van der Waals surface area contributed by atoms with Gasteiger partial charge in [-0.15, -0.1) is 0 Å². The van der Waals surface area contributed by atoms with Gasteiger partial charge in [0.05, 0.1) is 23.1 Å². The molecule has 0 aliphatic rings. The van der Waals surface area contributed by atoms with Gasteiger partial charge in [-0.1, -0.05) is 0 Å². The van der Waals surface area contributed by atoms with E-state index in [1.165, 1.54) is 11.5 Å². The van der Waals surface area contributed by atoms with Crippen LogP contribution in [0.3, 0.4) is 0 Å². The van der Waals surface area contributed by atoms with Crippen LogP contribution < -0.4 is 5.32 Å². The SMILES string of the molecule is CCn1cc(NC(=O)c2csnc2C)cn1. The number of carbonyl (C=O) groups excluding carboxylic acids is 1. The first kappa shape index (κ1) is 10.8. The number of carbonyl (C=O) groups is 1. The molecular formula is C10H12N4OS. The predicted octanol–water partition coefficient (Wildman–Crippen LogP) is 1.92. The Morgan fingerprint density at radius 3 is 3.00 bits per heavy atom. The molecule has 6 heteroatoms. The average molecular weight is 236 g/mol. The number of amides is 1. The summed E-state index contributed by atoms with van der Waals surface area (Å²) in [5.74, 6) is -0.137. The third kappa shape index (κ3) is 2.11. The van der Waals surface area contributed by atoms with Crippen molar-refractivity contribution in [1.29, 1.82) is 0 Å². The number of aryl methyl sites for hydroxylation is 2. The van der Waals surface area contributed by atoms with Gasteiger partial charge in [-0.3, -0.25) is 9.48 Å². The van der Waals surface area contributed by atoms with Gasteiger partial charge in [0.25, 0.3) is 5.91 Å². The molecule has 0 aliphatic carbocycles. The predicted molar refractivity (Wildman–Crippen MR) is 62.7 cm³/mol. The van der Waals surface area contributed by atoms with E-state index >= 15 is 0 Å². The molecule has 0 bridgehead atoms. The van der Waals surface area contributed by atoms with Crippen molar-refractivity contribution in [2.24, 2.45) is 0 Å². The lowest BCUT2D eigenvalue weighted by atomic mass is 10.2. The second kappa shape index (κ2) is 4.44. The summed E-state index contributed by atoms with van der Waals surface area (Å²) < 4.78 is 5.82. The molecule has 5 nitrogen and oxygen atoms in total. The molecule has 2 heterocycles. The molecule has 16 heavy (non-hydrogen) atoms. The van der Waals surface area contributed by atoms with E-state index in [-0.39, 0.29) is 5.91 Å². The third-order valence-electron chi connectivity index (χ3n) is 2.21. The zero-order chi connectivity index (χ0) is 11.5. The summed E-state index contributed by atoms with van der Waals surface area (Å²) >= 11 is 1.28. The lowest BCUT2D eigenvalue weighted by Crippen LogP contribution is -2.11. The molecule has 1 amide bonds. The molecule has 0 saturated carbocycles. The number of hydrogen-bond donors (Lipinski definition) is 1. The van der Waals surface area contributed by atoms with Gasteiger partial charge in [0.15, 0.2) is 0 Å². The maximum absolute atomic E-state index is 11.8. The highest BCUT2D eigenvalue weighted by Gasteiger charge is 2.11. The van der Waals surface area contributed by atoms with E-state index in [1.54, 1.807) is 22.5 Å². The van der Waals surface area contributed by atoms with Crippen molar-refractivity contribution in [3.8, 4) is 0 Å². The Kier molecular flexibility index (Phi) is 3.00. The molecule has 0 aliphatic heterocycles. The van der Waals surface area contributed by atoms with Gasteiger partial charge in [0.2, 0.25) is 0 Å². The first-order chi connectivity index (χ1) is 7.70. The fourth-order valence-corrected chi connectivity index (χ4v) is 2.00. The number of hydrogen-bond acceptors (Lipinski definition) is 4. The van der Waals surface area contributed by atoms with E-state index in [0.29, 0.717) is 11.3 Å². The van der Waals surface area contributed by atoms with E-state index < -0.39 is 0 Å². The van der Waals surface area contributed by atoms with Crippen LogP contribution in [0.1, 0.15) is 23.0 Å². The van der Waals surface area contributed by atoms with Crippen LogP contribution in [0.2, 0.25) is 0 Å². The highest BCUT2D eigenvalue weighted by atomic mass is 32.1. The quantitative estimate of drug-likeness (QED) is 0.885. The van der Waals surface area contributed by atoms with Crippen molar-refractivity contribution in [1.82, 2.24) is 14.2 Å². The van der Waals surface area contributed by atoms with E-state index in [1.807, 2.05) is 13.8 Å². The summed E-state index contributed by atoms with van der Waals surface area (Å²) in [4.78, 5) is 11.8. The number of anilines is 1. The van der Waals surface area contributed by atoms with Crippen LogP contribution in [0.25, 0.3) is 0 Å². The third-order valence-corrected chi connectivity index (χ3v) is 2.93. The molecule has 0 unspecified atom stereocenters. The van der Waals surface area contributed by atoms with Gasteiger partial charge in [-0.25, -0.2) is 0 Å². The summed E-state index contributed by atoms with van der Waals surface area (Å²) in [6.45, 7) is 4.60. The summed E-state index contributed by atoms with van der Waals surface area (Å²) in [5.41, 5.74) is 2.08.